The number of hydrogen-bond acceptors (Lipinski definition) is 21. The molecule has 0 aliphatic rings. The Morgan fingerprint density at radius 1 is 0.867 bits per heavy atom. The van der Waals surface area contributed by atoms with E-state index in [9.17, 15) is 39.5 Å². The number of nitrogen functional groups attached to an aromatic ring is 1. The summed E-state index contributed by atoms with van der Waals surface area (Å²) in [5.41, 5.74) is 4.06. The molecule has 246 valence electrons. The third kappa shape index (κ3) is 8.80. The summed E-state index contributed by atoms with van der Waals surface area (Å²) < 4.78 is 106. The van der Waals surface area contributed by atoms with Gasteiger partial charge in [0, 0.05) is 7.05 Å². The van der Waals surface area contributed by atoms with Crippen LogP contribution in [0, 0.1) is 0 Å². The van der Waals surface area contributed by atoms with Gasteiger partial charge in [-0.2, -0.15) is 27.1 Å². The highest BCUT2D eigenvalue weighted by Gasteiger charge is 2.26. The van der Waals surface area contributed by atoms with Crippen LogP contribution in [0.4, 0.5) is 22.7 Å². The number of nitrogens with zero attached hydrogens (tertiary/aromatic N) is 4. The number of aromatic hydroxyl groups is 1. The molecule has 0 saturated carbocycles. The number of nitrogens with two attached hydrogens (primary N) is 1. The molecule has 3 aromatic rings. The lowest BCUT2D eigenvalue weighted by Gasteiger charge is -2.14. The molecule has 0 aliphatic heterocycles. The van der Waals surface area contributed by atoms with Gasteiger partial charge in [-0.1, -0.05) is 10.1 Å². The summed E-state index contributed by atoms with van der Waals surface area (Å²) in [5.74, 6) is -1.58. The van der Waals surface area contributed by atoms with Crippen LogP contribution in [-0.2, 0) is 53.0 Å². The molecule has 0 aromatic heterocycles. The number of anilines is 1. The van der Waals surface area contributed by atoms with Crippen molar-refractivity contribution in [1.29, 1.82) is 0 Å². The van der Waals surface area contributed by atoms with Crippen molar-refractivity contribution in [3.05, 3.63) is 30.3 Å². The van der Waals surface area contributed by atoms with Gasteiger partial charge >= 0.3 is 0 Å². The fourth-order valence-corrected chi connectivity index (χ4v) is 6.85. The molecule has 0 heterocycles. The molecular weight excluding hydrogens is 715 g/mol. The van der Waals surface area contributed by atoms with Crippen molar-refractivity contribution in [2.75, 3.05) is 25.1 Å². The van der Waals surface area contributed by atoms with Crippen molar-refractivity contribution in [2.24, 2.45) is 20.5 Å². The molecule has 26 heteroatoms. The molecule has 0 unspecified atom stereocenters. The summed E-state index contributed by atoms with van der Waals surface area (Å²) in [5, 5.41) is 48.4. The van der Waals surface area contributed by atoms with Crippen molar-refractivity contribution < 1.29 is 72.9 Å². The van der Waals surface area contributed by atoms with Crippen molar-refractivity contribution in [3.8, 4) is 5.75 Å². The smallest absolute Gasteiger partial charge is 0.296 e. The molecule has 0 saturated heterocycles. The van der Waals surface area contributed by atoms with E-state index in [4.69, 9.17) is 16.2 Å². The fraction of sp³-hybridized carbons (Fsp3) is 0.158. The standard InChI is InChI=1S/C19H19N5O16S5/c1-21-23-18-14(45(33,34)35)7-9-6-12(41-39-37-26)17(16(20)15(9)19(18)25)24-22-11-3-2-10(8-13(11)44(30,31)32)43(28,29)5-4-36-42-40-38-27/h2-3,6-8,25-27H,4-5,20H2,1H3,(H,30,31,32)(H,33,34,35)/b23-21+,24-22+. The van der Waals surface area contributed by atoms with Crippen molar-refractivity contribution >= 4 is 88.0 Å². The summed E-state index contributed by atoms with van der Waals surface area (Å²) in [4.78, 5) is -2.62. The van der Waals surface area contributed by atoms with E-state index in [2.05, 4.69) is 43.4 Å². The molecular formula is C19H19N5O16S5. The Kier molecular flexibility index (Phi) is 12.1. The zero-order valence-electron chi connectivity index (χ0n) is 21.9. The fourth-order valence-electron chi connectivity index (χ4n) is 3.53. The number of hydrogen-bond donors (Lipinski definition) is 6. The van der Waals surface area contributed by atoms with Crippen LogP contribution in [0.1, 0.15) is 0 Å². The number of azo groups is 2. The molecule has 3 rings (SSSR count). The predicted molar refractivity (Wildman–Crippen MR) is 152 cm³/mol. The van der Waals surface area contributed by atoms with Crippen molar-refractivity contribution in [2.45, 2.75) is 19.6 Å². The second-order valence-electron chi connectivity index (χ2n) is 7.96. The van der Waals surface area contributed by atoms with E-state index in [1.54, 1.807) is 0 Å². The number of phenolic OH excluding ortho intramolecular Hbond substituents is 1. The van der Waals surface area contributed by atoms with Gasteiger partial charge in [0.25, 0.3) is 20.2 Å². The average molecular weight is 734 g/mol. The first-order valence-electron chi connectivity index (χ1n) is 11.1. The monoisotopic (exact) mass is 733 g/mol. The summed E-state index contributed by atoms with van der Waals surface area (Å²) in [7, 11) is -13.2. The van der Waals surface area contributed by atoms with Gasteiger partial charge in [-0.3, -0.25) is 13.3 Å². The molecule has 0 fully saturated rings. The number of benzene rings is 3. The Morgan fingerprint density at radius 3 is 2.13 bits per heavy atom. The molecule has 0 bridgehead atoms. The van der Waals surface area contributed by atoms with Gasteiger partial charge in [-0.15, -0.1) is 18.9 Å². The lowest BCUT2D eigenvalue weighted by molar-refractivity contribution is -0.434. The highest BCUT2D eigenvalue weighted by molar-refractivity contribution is 7.94. The van der Waals surface area contributed by atoms with Crippen LogP contribution in [0.2, 0.25) is 0 Å². The topological polar surface area (TPSA) is 325 Å². The van der Waals surface area contributed by atoms with E-state index in [1.165, 1.54) is 0 Å². The van der Waals surface area contributed by atoms with E-state index >= 15 is 0 Å². The Bertz CT molecular complexity index is 1970. The zero-order valence-corrected chi connectivity index (χ0v) is 26.0. The number of phenols is 1. The first-order chi connectivity index (χ1) is 21.1. The van der Waals surface area contributed by atoms with E-state index in [-0.39, 0.29) is 40.0 Å². The predicted octanol–water partition coefficient (Wildman–Crippen LogP) is 3.95. The summed E-state index contributed by atoms with van der Waals surface area (Å²) >= 11 is 0.351. The molecule has 0 spiro atoms. The molecule has 0 radical (unpaired) electrons. The Balaban J connectivity index is 2.20. The van der Waals surface area contributed by atoms with Crippen molar-refractivity contribution in [1.82, 2.24) is 0 Å². The van der Waals surface area contributed by atoms with E-state index < -0.39 is 85.6 Å². The summed E-state index contributed by atoms with van der Waals surface area (Å²) in [6.07, 6.45) is 0. The van der Waals surface area contributed by atoms with Crippen LogP contribution in [0.15, 0.2) is 70.4 Å². The van der Waals surface area contributed by atoms with Crippen LogP contribution < -0.4 is 5.73 Å². The lowest BCUT2D eigenvalue weighted by atomic mass is 10.1. The number of rotatable bonds is 15. The first-order valence-corrected chi connectivity index (χ1v) is 17.1. The third-order valence-corrected chi connectivity index (χ3v) is 9.74. The third-order valence-electron chi connectivity index (χ3n) is 5.31. The van der Waals surface area contributed by atoms with Gasteiger partial charge < -0.3 is 10.8 Å². The Hall–Kier alpha value is -3.09. The maximum atomic E-state index is 12.6. The van der Waals surface area contributed by atoms with Crippen LogP contribution in [0.3, 0.4) is 0 Å². The van der Waals surface area contributed by atoms with Crippen molar-refractivity contribution in [3.63, 3.8) is 0 Å². The van der Waals surface area contributed by atoms with Gasteiger partial charge in [-0.25, -0.2) is 18.9 Å². The first kappa shape index (κ1) is 36.4. The maximum Gasteiger partial charge on any atom is 0.296 e. The minimum atomic E-state index is -5.14. The molecule has 7 N–H and O–H groups in total. The minimum absolute atomic E-state index is 0.111. The Morgan fingerprint density at radius 2 is 1.53 bits per heavy atom. The molecule has 0 aliphatic carbocycles. The highest BCUT2D eigenvalue weighted by Crippen LogP contribution is 2.49. The summed E-state index contributed by atoms with van der Waals surface area (Å²) in [6, 6.07) is 4.38. The Labute approximate surface area is 261 Å². The lowest BCUT2D eigenvalue weighted by Crippen LogP contribution is -2.12. The number of fused-ring (bicyclic) bond motifs is 1. The zero-order chi connectivity index (χ0) is 33.6. The van der Waals surface area contributed by atoms with Gasteiger partial charge in [0.2, 0.25) is 0 Å². The second-order valence-corrected chi connectivity index (χ2v) is 14.1. The minimum Gasteiger partial charge on any atom is -0.505 e. The maximum absolute atomic E-state index is 12.6. The quantitative estimate of drug-likeness (QED) is 0.0245. The van der Waals surface area contributed by atoms with Gasteiger partial charge in [0.15, 0.2) is 27.9 Å². The van der Waals surface area contributed by atoms with Gasteiger partial charge in [0.1, 0.15) is 26.9 Å². The number of sulfone groups is 1. The van der Waals surface area contributed by atoms with Gasteiger partial charge in [0.05, 0.1) is 45.3 Å². The van der Waals surface area contributed by atoms with Gasteiger partial charge in [-0.05, 0) is 35.7 Å². The van der Waals surface area contributed by atoms with Crippen LogP contribution in [0.5, 0.6) is 5.75 Å². The van der Waals surface area contributed by atoms with Crippen LogP contribution in [-0.4, -0.2) is 69.4 Å². The normalized spacial score (nSPS) is 13.0. The average Bonchev–Trinajstić information content (AvgIpc) is 2.95. The SMILES string of the molecule is C/N=N/c1c(S(=O)(=O)O)cc2cc(SOOO)c(/N=N/c3ccc(S(=O)(=O)CCOSOOO)cc3S(=O)(=O)O)c(N)c2c1O. The molecule has 45 heavy (non-hydrogen) atoms. The highest BCUT2D eigenvalue weighted by atomic mass is 32.2. The summed E-state index contributed by atoms with van der Waals surface area (Å²) in [6.45, 7) is -0.500. The van der Waals surface area contributed by atoms with E-state index in [1.807, 2.05) is 0 Å². The molecule has 3 aromatic carbocycles. The van der Waals surface area contributed by atoms with E-state index in [0.29, 0.717) is 6.07 Å². The van der Waals surface area contributed by atoms with E-state index in [0.717, 1.165) is 31.3 Å². The van der Waals surface area contributed by atoms with Crippen LogP contribution in [0.25, 0.3) is 10.8 Å². The molecule has 0 atom stereocenters. The second kappa shape index (κ2) is 15.0. The largest absolute Gasteiger partial charge is 0.505 e. The molecule has 21 nitrogen and oxygen atoms in total. The van der Waals surface area contributed by atoms with Crippen LogP contribution >= 0.6 is 24.4 Å². The molecule has 0 amide bonds.